The van der Waals surface area contributed by atoms with Crippen LogP contribution in [-0.4, -0.2) is 13.6 Å². The summed E-state index contributed by atoms with van der Waals surface area (Å²) >= 11 is 0. The second kappa shape index (κ2) is 6.14. The van der Waals surface area contributed by atoms with Crippen molar-refractivity contribution >= 4 is 5.69 Å². The maximum Gasteiger partial charge on any atom is 0.122 e. The normalized spacial score (nSPS) is 14.9. The summed E-state index contributed by atoms with van der Waals surface area (Å²) in [6, 6.07) is 10.9. The summed E-state index contributed by atoms with van der Waals surface area (Å²) in [7, 11) is 1.95. The molecule has 0 unspecified atom stereocenters. The Bertz CT molecular complexity index is 562. The van der Waals surface area contributed by atoms with Crippen LogP contribution < -0.4 is 10.2 Å². The van der Waals surface area contributed by atoms with E-state index in [4.69, 9.17) is 4.42 Å². The highest BCUT2D eigenvalue weighted by atomic mass is 16.3. The van der Waals surface area contributed by atoms with E-state index in [1.807, 2.05) is 7.05 Å². The van der Waals surface area contributed by atoms with Crippen LogP contribution in [0.5, 0.6) is 0 Å². The first-order valence-electron chi connectivity index (χ1n) is 7.41. The fourth-order valence-corrected chi connectivity index (χ4v) is 2.96. The quantitative estimate of drug-likeness (QED) is 0.923. The van der Waals surface area contributed by atoms with Crippen LogP contribution in [0.2, 0.25) is 0 Å². The van der Waals surface area contributed by atoms with Gasteiger partial charge in [0.15, 0.2) is 0 Å². The number of hydrogen-bond donors (Lipinski definition) is 1. The van der Waals surface area contributed by atoms with Crippen molar-refractivity contribution in [1.29, 1.82) is 0 Å². The number of aryl methyl sites for hydroxylation is 1. The van der Waals surface area contributed by atoms with Gasteiger partial charge in [0.1, 0.15) is 5.76 Å². The number of anilines is 1. The number of hydrogen-bond acceptors (Lipinski definition) is 3. The van der Waals surface area contributed by atoms with Crippen molar-refractivity contribution in [2.75, 3.05) is 18.5 Å². The molecule has 0 saturated carbocycles. The van der Waals surface area contributed by atoms with Gasteiger partial charge in [-0.25, -0.2) is 0 Å². The Labute approximate surface area is 120 Å². The Morgan fingerprint density at radius 1 is 1.20 bits per heavy atom. The topological polar surface area (TPSA) is 28.4 Å². The molecule has 2 heterocycles. The van der Waals surface area contributed by atoms with Crippen LogP contribution in [0.1, 0.15) is 29.7 Å². The highest BCUT2D eigenvalue weighted by molar-refractivity contribution is 5.54. The van der Waals surface area contributed by atoms with Gasteiger partial charge in [0.05, 0.1) is 12.8 Å². The maximum absolute atomic E-state index is 5.58. The molecule has 0 amide bonds. The summed E-state index contributed by atoms with van der Waals surface area (Å²) in [5.41, 5.74) is 4.15. The van der Waals surface area contributed by atoms with E-state index in [9.17, 15) is 0 Å². The van der Waals surface area contributed by atoms with Gasteiger partial charge in [-0.2, -0.15) is 0 Å². The minimum atomic E-state index is 0.790. The van der Waals surface area contributed by atoms with Crippen LogP contribution in [0.4, 0.5) is 5.69 Å². The molecule has 1 aromatic carbocycles. The molecule has 0 atom stereocenters. The number of nitrogens with zero attached hydrogens (tertiary/aromatic N) is 1. The molecule has 1 aliphatic rings. The van der Waals surface area contributed by atoms with Gasteiger partial charge in [-0.3, -0.25) is 0 Å². The Morgan fingerprint density at radius 3 is 3.00 bits per heavy atom. The number of benzene rings is 1. The molecule has 0 radical (unpaired) electrons. The molecule has 2 aromatic rings. The van der Waals surface area contributed by atoms with Crippen molar-refractivity contribution in [2.24, 2.45) is 0 Å². The summed E-state index contributed by atoms with van der Waals surface area (Å²) in [6.45, 7) is 2.85. The van der Waals surface area contributed by atoms with E-state index >= 15 is 0 Å². The first-order valence-corrected chi connectivity index (χ1v) is 7.41. The number of nitrogens with one attached hydrogen (secondary N) is 1. The van der Waals surface area contributed by atoms with E-state index in [1.54, 1.807) is 6.26 Å². The zero-order chi connectivity index (χ0) is 13.8. The second-order valence-corrected chi connectivity index (χ2v) is 5.41. The highest BCUT2D eigenvalue weighted by Gasteiger charge is 2.17. The monoisotopic (exact) mass is 270 g/mol. The van der Waals surface area contributed by atoms with Gasteiger partial charge < -0.3 is 14.6 Å². The van der Waals surface area contributed by atoms with E-state index in [1.165, 1.54) is 36.1 Å². The molecule has 3 heteroatoms. The van der Waals surface area contributed by atoms with E-state index in [-0.39, 0.29) is 0 Å². The lowest BCUT2D eigenvalue weighted by atomic mass is 10.1. The molecule has 0 fully saturated rings. The van der Waals surface area contributed by atoms with Crippen LogP contribution in [0.15, 0.2) is 41.0 Å². The number of para-hydroxylation sites is 1. The van der Waals surface area contributed by atoms with Crippen LogP contribution in [-0.2, 0) is 19.5 Å². The lowest BCUT2D eigenvalue weighted by Gasteiger charge is -2.24. The number of rotatable bonds is 4. The lowest BCUT2D eigenvalue weighted by molar-refractivity contribution is 0.489. The molecule has 3 nitrogen and oxygen atoms in total. The summed E-state index contributed by atoms with van der Waals surface area (Å²) < 4.78 is 5.58. The summed E-state index contributed by atoms with van der Waals surface area (Å²) in [6.07, 6.45) is 5.53. The third-order valence-electron chi connectivity index (χ3n) is 3.99. The number of furan rings is 1. The molecule has 1 aliphatic heterocycles. The lowest BCUT2D eigenvalue weighted by Crippen LogP contribution is -2.24. The van der Waals surface area contributed by atoms with Crippen molar-refractivity contribution in [3.8, 4) is 0 Å². The van der Waals surface area contributed by atoms with Gasteiger partial charge in [-0.05, 0) is 44.0 Å². The minimum Gasteiger partial charge on any atom is -0.468 e. The molecule has 1 N–H and O–H groups in total. The average Bonchev–Trinajstić information content (AvgIpc) is 2.80. The molecular formula is C17H22N2O. The Balaban J connectivity index is 1.85. The minimum absolute atomic E-state index is 0.790. The van der Waals surface area contributed by atoms with Crippen molar-refractivity contribution in [1.82, 2.24) is 5.32 Å². The summed E-state index contributed by atoms with van der Waals surface area (Å²) in [4.78, 5) is 2.49. The SMILES string of the molecule is CNCc1occc1CN1CCCCc2ccccc21. The summed E-state index contributed by atoms with van der Waals surface area (Å²) in [5.74, 6) is 1.05. The van der Waals surface area contributed by atoms with Crippen LogP contribution in [0.25, 0.3) is 0 Å². The standard InChI is InChI=1S/C17H22N2O/c1-18-12-17-15(9-11-20-17)13-19-10-5-4-7-14-6-2-3-8-16(14)19/h2-3,6,8-9,11,18H,4-5,7,10,12-13H2,1H3. The fraction of sp³-hybridized carbons (Fsp3) is 0.412. The van der Waals surface area contributed by atoms with Gasteiger partial charge >= 0.3 is 0 Å². The Kier molecular flexibility index (Phi) is 4.07. The largest absolute Gasteiger partial charge is 0.468 e. The molecule has 1 aromatic heterocycles. The predicted octanol–water partition coefficient (Wildman–Crippen LogP) is 3.34. The molecule has 3 rings (SSSR count). The Hall–Kier alpha value is -1.74. The van der Waals surface area contributed by atoms with Crippen LogP contribution in [0, 0.1) is 0 Å². The molecule has 0 bridgehead atoms. The average molecular weight is 270 g/mol. The molecule has 0 saturated heterocycles. The van der Waals surface area contributed by atoms with Crippen molar-refractivity contribution in [2.45, 2.75) is 32.4 Å². The smallest absolute Gasteiger partial charge is 0.122 e. The van der Waals surface area contributed by atoms with E-state index in [2.05, 4.69) is 40.5 Å². The van der Waals surface area contributed by atoms with E-state index < -0.39 is 0 Å². The van der Waals surface area contributed by atoms with Crippen LogP contribution >= 0.6 is 0 Å². The molecule has 0 aliphatic carbocycles. The van der Waals surface area contributed by atoms with Crippen molar-refractivity contribution < 1.29 is 4.42 Å². The van der Waals surface area contributed by atoms with Gasteiger partial charge in [0, 0.05) is 24.3 Å². The third-order valence-corrected chi connectivity index (χ3v) is 3.99. The zero-order valence-corrected chi connectivity index (χ0v) is 12.1. The maximum atomic E-state index is 5.58. The summed E-state index contributed by atoms with van der Waals surface area (Å²) in [5, 5.41) is 3.17. The Morgan fingerprint density at radius 2 is 2.10 bits per heavy atom. The second-order valence-electron chi connectivity index (χ2n) is 5.41. The van der Waals surface area contributed by atoms with E-state index in [0.29, 0.717) is 0 Å². The van der Waals surface area contributed by atoms with Crippen LogP contribution in [0.3, 0.4) is 0 Å². The molecule has 106 valence electrons. The highest BCUT2D eigenvalue weighted by Crippen LogP contribution is 2.28. The fourth-order valence-electron chi connectivity index (χ4n) is 2.96. The molecule has 20 heavy (non-hydrogen) atoms. The molecular weight excluding hydrogens is 248 g/mol. The van der Waals surface area contributed by atoms with Crippen molar-refractivity contribution in [3.05, 3.63) is 53.5 Å². The predicted molar refractivity (Wildman–Crippen MR) is 81.9 cm³/mol. The van der Waals surface area contributed by atoms with Gasteiger partial charge in [-0.15, -0.1) is 0 Å². The van der Waals surface area contributed by atoms with Crippen molar-refractivity contribution in [3.63, 3.8) is 0 Å². The first-order chi connectivity index (χ1) is 9.88. The number of fused-ring (bicyclic) bond motifs is 1. The first kappa shape index (κ1) is 13.3. The zero-order valence-electron chi connectivity index (χ0n) is 12.1. The van der Waals surface area contributed by atoms with Gasteiger partial charge in [0.2, 0.25) is 0 Å². The van der Waals surface area contributed by atoms with E-state index in [0.717, 1.165) is 25.4 Å². The van der Waals surface area contributed by atoms with Gasteiger partial charge in [-0.1, -0.05) is 18.2 Å². The third kappa shape index (κ3) is 2.73. The molecule has 0 spiro atoms. The van der Waals surface area contributed by atoms with Gasteiger partial charge in [0.25, 0.3) is 0 Å².